The van der Waals surface area contributed by atoms with E-state index in [1.165, 1.54) is 12.1 Å². The highest BCUT2D eigenvalue weighted by Gasteiger charge is 2.34. The number of rotatable bonds is 7. The highest BCUT2D eigenvalue weighted by molar-refractivity contribution is 5.56. The number of aliphatic hydroxyl groups is 1. The molecule has 20 heavy (non-hydrogen) atoms. The predicted molar refractivity (Wildman–Crippen MR) is 71.7 cm³/mol. The lowest BCUT2D eigenvalue weighted by atomic mass is 10.1. The lowest BCUT2D eigenvalue weighted by Gasteiger charge is -2.26. The molecule has 0 saturated heterocycles. The predicted octanol–water partition coefficient (Wildman–Crippen LogP) is 3.06. The van der Waals surface area contributed by atoms with E-state index in [-0.39, 0.29) is 11.3 Å². The van der Waals surface area contributed by atoms with Crippen molar-refractivity contribution in [3.8, 4) is 0 Å². The minimum Gasteiger partial charge on any atom is -0.392 e. The van der Waals surface area contributed by atoms with Crippen LogP contribution in [-0.2, 0) is 17.5 Å². The molecule has 0 unspecified atom stereocenters. The molecule has 114 valence electrons. The third-order valence-corrected chi connectivity index (χ3v) is 2.98. The smallest absolute Gasteiger partial charge is 0.392 e. The molecule has 0 bridgehead atoms. The number of ether oxygens (including phenoxy) is 1. The summed E-state index contributed by atoms with van der Waals surface area (Å²) in [5, 5.41) is 8.99. The topological polar surface area (TPSA) is 32.7 Å². The van der Waals surface area contributed by atoms with Gasteiger partial charge in [-0.25, -0.2) is 0 Å². The number of halogens is 3. The molecule has 3 nitrogen and oxygen atoms in total. The molecule has 0 fully saturated rings. The molecular weight excluding hydrogens is 271 g/mol. The summed E-state index contributed by atoms with van der Waals surface area (Å²) in [6.07, 6.45) is -4.44. The largest absolute Gasteiger partial charge is 0.418 e. The van der Waals surface area contributed by atoms with Gasteiger partial charge in [0.1, 0.15) is 0 Å². The third kappa shape index (κ3) is 4.38. The van der Waals surface area contributed by atoms with Gasteiger partial charge in [-0.05, 0) is 31.5 Å². The average Bonchev–Trinajstić information content (AvgIpc) is 2.42. The van der Waals surface area contributed by atoms with Gasteiger partial charge in [-0.3, -0.25) is 0 Å². The summed E-state index contributed by atoms with van der Waals surface area (Å²) < 4.78 is 44.5. The molecule has 0 aliphatic heterocycles. The van der Waals surface area contributed by atoms with E-state index in [0.29, 0.717) is 26.3 Å². The molecule has 0 aliphatic rings. The molecule has 1 rings (SSSR count). The van der Waals surface area contributed by atoms with E-state index in [2.05, 4.69) is 0 Å². The molecule has 0 aromatic heterocycles. The van der Waals surface area contributed by atoms with Crippen molar-refractivity contribution < 1.29 is 23.0 Å². The van der Waals surface area contributed by atoms with Crippen molar-refractivity contribution in [3.63, 3.8) is 0 Å². The van der Waals surface area contributed by atoms with E-state index >= 15 is 0 Å². The summed E-state index contributed by atoms with van der Waals surface area (Å²) in [5.41, 5.74) is -0.346. The summed E-state index contributed by atoms with van der Waals surface area (Å²) in [4.78, 5) is 1.62. The minimum atomic E-state index is -4.44. The van der Waals surface area contributed by atoms with Crippen LogP contribution in [0.15, 0.2) is 18.2 Å². The van der Waals surface area contributed by atoms with E-state index in [4.69, 9.17) is 9.84 Å². The van der Waals surface area contributed by atoms with Crippen molar-refractivity contribution >= 4 is 5.69 Å². The van der Waals surface area contributed by atoms with Crippen molar-refractivity contribution in [3.05, 3.63) is 29.3 Å². The quantitative estimate of drug-likeness (QED) is 0.784. The number of anilines is 1. The number of aliphatic hydroxyl groups excluding tert-OH is 1. The standard InChI is InChI=1S/C14H20F3NO2/c1-3-18(7-8-20-4-2)13-6-5-11(10-19)9-12(13)14(15,16)17/h5-6,9,19H,3-4,7-8,10H2,1-2H3. The van der Waals surface area contributed by atoms with E-state index in [1.807, 2.05) is 6.92 Å². The van der Waals surface area contributed by atoms with E-state index in [0.717, 1.165) is 6.07 Å². The summed E-state index contributed by atoms with van der Waals surface area (Å²) in [6.45, 7) is 4.99. The number of alkyl halides is 3. The van der Waals surface area contributed by atoms with Gasteiger partial charge < -0.3 is 14.7 Å². The Labute approximate surface area is 117 Å². The molecule has 0 radical (unpaired) electrons. The molecule has 0 amide bonds. The van der Waals surface area contributed by atoms with Gasteiger partial charge in [0, 0.05) is 25.4 Å². The Hall–Kier alpha value is -1.27. The average molecular weight is 291 g/mol. The summed E-state index contributed by atoms with van der Waals surface area (Å²) >= 11 is 0. The van der Waals surface area contributed by atoms with Crippen molar-refractivity contribution in [2.45, 2.75) is 26.6 Å². The van der Waals surface area contributed by atoms with Crippen LogP contribution in [0.25, 0.3) is 0 Å². The Morgan fingerprint density at radius 1 is 1.25 bits per heavy atom. The number of nitrogens with zero attached hydrogens (tertiary/aromatic N) is 1. The molecule has 0 saturated carbocycles. The lowest BCUT2D eigenvalue weighted by Crippen LogP contribution is -2.29. The van der Waals surface area contributed by atoms with Crippen LogP contribution in [0.2, 0.25) is 0 Å². The first-order valence-corrected chi connectivity index (χ1v) is 6.57. The van der Waals surface area contributed by atoms with Gasteiger partial charge in [-0.1, -0.05) is 6.07 Å². The van der Waals surface area contributed by atoms with Gasteiger partial charge >= 0.3 is 6.18 Å². The minimum absolute atomic E-state index is 0.122. The first kappa shape index (κ1) is 16.8. The Morgan fingerprint density at radius 2 is 1.95 bits per heavy atom. The number of hydrogen-bond donors (Lipinski definition) is 1. The van der Waals surface area contributed by atoms with E-state index in [9.17, 15) is 13.2 Å². The highest BCUT2D eigenvalue weighted by atomic mass is 19.4. The summed E-state index contributed by atoms with van der Waals surface area (Å²) in [6, 6.07) is 3.91. The van der Waals surface area contributed by atoms with Gasteiger partial charge in [0.05, 0.1) is 18.8 Å². The molecule has 0 heterocycles. The zero-order chi connectivity index (χ0) is 15.2. The first-order valence-electron chi connectivity index (χ1n) is 6.57. The maximum atomic E-state index is 13.1. The second-order valence-corrected chi connectivity index (χ2v) is 4.28. The monoisotopic (exact) mass is 291 g/mol. The van der Waals surface area contributed by atoms with Gasteiger partial charge in [-0.2, -0.15) is 13.2 Å². The van der Waals surface area contributed by atoms with Crippen molar-refractivity contribution in [2.75, 3.05) is 31.2 Å². The van der Waals surface area contributed by atoms with Crippen LogP contribution in [0.4, 0.5) is 18.9 Å². The van der Waals surface area contributed by atoms with Crippen LogP contribution < -0.4 is 4.90 Å². The second kappa shape index (κ2) is 7.50. The van der Waals surface area contributed by atoms with Crippen molar-refractivity contribution in [2.24, 2.45) is 0 Å². The fourth-order valence-corrected chi connectivity index (χ4v) is 1.95. The lowest BCUT2D eigenvalue weighted by molar-refractivity contribution is -0.137. The number of likely N-dealkylation sites (N-methyl/N-ethyl adjacent to an activating group) is 1. The van der Waals surface area contributed by atoms with Crippen LogP contribution in [0.1, 0.15) is 25.0 Å². The van der Waals surface area contributed by atoms with E-state index < -0.39 is 18.3 Å². The Kier molecular flexibility index (Phi) is 6.29. The molecule has 0 aliphatic carbocycles. The van der Waals surface area contributed by atoms with Gasteiger partial charge in [0.2, 0.25) is 0 Å². The second-order valence-electron chi connectivity index (χ2n) is 4.28. The maximum Gasteiger partial charge on any atom is 0.418 e. The van der Waals surface area contributed by atoms with Crippen molar-refractivity contribution in [1.29, 1.82) is 0 Å². The van der Waals surface area contributed by atoms with Crippen LogP contribution in [0.5, 0.6) is 0 Å². The SMILES string of the molecule is CCOCCN(CC)c1ccc(CO)cc1C(F)(F)F. The zero-order valence-electron chi connectivity index (χ0n) is 11.7. The fourth-order valence-electron chi connectivity index (χ4n) is 1.95. The van der Waals surface area contributed by atoms with Crippen LogP contribution in [-0.4, -0.2) is 31.4 Å². The highest BCUT2D eigenvalue weighted by Crippen LogP contribution is 2.37. The summed E-state index contributed by atoms with van der Waals surface area (Å²) in [5.74, 6) is 0. The molecule has 1 N–H and O–H groups in total. The Morgan fingerprint density at radius 3 is 2.45 bits per heavy atom. The van der Waals surface area contributed by atoms with Gasteiger partial charge in [0.25, 0.3) is 0 Å². The Bertz CT molecular complexity index is 421. The molecule has 1 aromatic rings. The number of hydrogen-bond acceptors (Lipinski definition) is 3. The molecule has 0 spiro atoms. The zero-order valence-corrected chi connectivity index (χ0v) is 11.7. The van der Waals surface area contributed by atoms with Crippen LogP contribution >= 0.6 is 0 Å². The molecule has 0 atom stereocenters. The fraction of sp³-hybridized carbons (Fsp3) is 0.571. The van der Waals surface area contributed by atoms with E-state index in [1.54, 1.807) is 11.8 Å². The molecular formula is C14H20F3NO2. The summed E-state index contributed by atoms with van der Waals surface area (Å²) in [7, 11) is 0. The van der Waals surface area contributed by atoms with Gasteiger partial charge in [0.15, 0.2) is 0 Å². The first-order chi connectivity index (χ1) is 9.43. The Balaban J connectivity index is 3.07. The molecule has 6 heteroatoms. The maximum absolute atomic E-state index is 13.1. The third-order valence-electron chi connectivity index (χ3n) is 2.98. The molecule has 1 aromatic carbocycles. The number of benzene rings is 1. The van der Waals surface area contributed by atoms with Crippen molar-refractivity contribution in [1.82, 2.24) is 0 Å². The van der Waals surface area contributed by atoms with Crippen LogP contribution in [0.3, 0.4) is 0 Å². The van der Waals surface area contributed by atoms with Gasteiger partial charge in [-0.15, -0.1) is 0 Å². The normalized spacial score (nSPS) is 11.7. The van der Waals surface area contributed by atoms with Crippen LogP contribution in [0, 0.1) is 0 Å².